The van der Waals surface area contributed by atoms with Gasteiger partial charge in [0, 0.05) is 15.3 Å². The number of carbonyl (C=O) groups is 1. The fraction of sp³-hybridized carbons (Fsp3) is 0.235. The normalized spacial score (nSPS) is 11.2. The molecule has 0 bridgehead atoms. The van der Waals surface area contributed by atoms with Crippen LogP contribution in [0.2, 0.25) is 0 Å². The van der Waals surface area contributed by atoms with Crippen LogP contribution in [0, 0.1) is 27.7 Å². The number of hydrogen-bond acceptors (Lipinski definition) is 2. The Morgan fingerprint density at radius 3 is 2.47 bits per heavy atom. The van der Waals surface area contributed by atoms with E-state index in [4.69, 9.17) is 0 Å². The van der Waals surface area contributed by atoms with Crippen LogP contribution in [0.25, 0.3) is 6.08 Å². The molecule has 0 fully saturated rings. The maximum atomic E-state index is 12.2. The standard InChI is InChI=1S/C17H18OS/c1-11-5-6-12(2)15(9-11)7-8-17(18)16-10-13(3)19-14(16)4/h5-10H,1-4H3/b8-7+. The Bertz CT molecular complexity index is 647. The lowest BCUT2D eigenvalue weighted by molar-refractivity contribution is 0.104. The van der Waals surface area contributed by atoms with Crippen LogP contribution in [0.5, 0.6) is 0 Å². The molecule has 0 unspecified atom stereocenters. The van der Waals surface area contributed by atoms with Gasteiger partial charge in [-0.05, 0) is 51.0 Å². The number of rotatable bonds is 3. The summed E-state index contributed by atoms with van der Waals surface area (Å²) in [5.74, 6) is 0.0859. The highest BCUT2D eigenvalue weighted by atomic mass is 32.1. The van der Waals surface area contributed by atoms with E-state index < -0.39 is 0 Å². The van der Waals surface area contributed by atoms with Crippen molar-refractivity contribution in [2.45, 2.75) is 27.7 Å². The molecule has 0 aliphatic heterocycles. The molecule has 0 aliphatic carbocycles. The maximum Gasteiger partial charge on any atom is 0.186 e. The van der Waals surface area contributed by atoms with Crippen LogP contribution in [0.4, 0.5) is 0 Å². The average molecular weight is 270 g/mol. The molecule has 2 aromatic rings. The Labute approximate surface area is 118 Å². The van der Waals surface area contributed by atoms with Crippen LogP contribution in [-0.2, 0) is 0 Å². The van der Waals surface area contributed by atoms with Crippen molar-refractivity contribution < 1.29 is 4.79 Å². The summed E-state index contributed by atoms with van der Waals surface area (Å²) < 4.78 is 0. The lowest BCUT2D eigenvalue weighted by atomic mass is 10.0. The average Bonchev–Trinajstić information content (AvgIpc) is 2.69. The zero-order valence-electron chi connectivity index (χ0n) is 11.8. The van der Waals surface area contributed by atoms with Crippen LogP contribution in [-0.4, -0.2) is 5.78 Å². The molecule has 0 spiro atoms. The molecule has 19 heavy (non-hydrogen) atoms. The second-order valence-electron chi connectivity index (χ2n) is 4.88. The molecule has 2 heteroatoms. The van der Waals surface area contributed by atoms with Crippen LogP contribution in [0.3, 0.4) is 0 Å². The van der Waals surface area contributed by atoms with E-state index in [9.17, 15) is 4.79 Å². The van der Waals surface area contributed by atoms with E-state index >= 15 is 0 Å². The predicted octanol–water partition coefficient (Wildman–Crippen LogP) is 4.88. The van der Waals surface area contributed by atoms with Crippen LogP contribution in [0.15, 0.2) is 30.3 Å². The summed E-state index contributed by atoms with van der Waals surface area (Å²) >= 11 is 1.67. The van der Waals surface area contributed by atoms with E-state index in [1.54, 1.807) is 17.4 Å². The van der Waals surface area contributed by atoms with Gasteiger partial charge < -0.3 is 0 Å². The Morgan fingerprint density at radius 2 is 1.84 bits per heavy atom. The lowest BCUT2D eigenvalue weighted by Gasteiger charge is -2.01. The van der Waals surface area contributed by atoms with E-state index in [0.29, 0.717) is 0 Å². The van der Waals surface area contributed by atoms with Crippen LogP contribution >= 0.6 is 11.3 Å². The third kappa shape index (κ3) is 3.21. The van der Waals surface area contributed by atoms with Gasteiger partial charge in [0.15, 0.2) is 5.78 Å². The topological polar surface area (TPSA) is 17.1 Å². The summed E-state index contributed by atoms with van der Waals surface area (Å²) in [6.07, 6.45) is 3.59. The minimum Gasteiger partial charge on any atom is -0.289 e. The molecule has 2 rings (SSSR count). The van der Waals surface area contributed by atoms with Crippen LogP contribution < -0.4 is 0 Å². The second kappa shape index (κ2) is 5.54. The van der Waals surface area contributed by atoms with Crippen LogP contribution in [0.1, 0.15) is 36.8 Å². The number of carbonyl (C=O) groups excluding carboxylic acids is 1. The molecular formula is C17H18OS. The van der Waals surface area contributed by atoms with Gasteiger partial charge in [0.05, 0.1) is 0 Å². The molecule has 0 N–H and O–H groups in total. The monoisotopic (exact) mass is 270 g/mol. The SMILES string of the molecule is Cc1ccc(C)c(/C=C/C(=O)c2cc(C)sc2C)c1. The predicted molar refractivity (Wildman–Crippen MR) is 83.1 cm³/mol. The Kier molecular flexibility index (Phi) is 4.01. The number of ketones is 1. The molecular weight excluding hydrogens is 252 g/mol. The molecule has 1 nitrogen and oxygen atoms in total. The zero-order valence-corrected chi connectivity index (χ0v) is 12.6. The van der Waals surface area contributed by atoms with Crippen molar-refractivity contribution >= 4 is 23.2 Å². The van der Waals surface area contributed by atoms with Crippen molar-refractivity contribution in [3.63, 3.8) is 0 Å². The highest BCUT2D eigenvalue weighted by molar-refractivity contribution is 7.12. The number of aryl methyl sites for hydroxylation is 4. The molecule has 0 radical (unpaired) electrons. The molecule has 0 atom stereocenters. The molecule has 0 amide bonds. The Morgan fingerprint density at radius 1 is 1.11 bits per heavy atom. The summed E-state index contributed by atoms with van der Waals surface area (Å²) in [4.78, 5) is 14.4. The second-order valence-corrected chi connectivity index (χ2v) is 6.34. The quantitative estimate of drug-likeness (QED) is 0.574. The molecule has 0 saturated carbocycles. The van der Waals surface area contributed by atoms with Gasteiger partial charge >= 0.3 is 0 Å². The van der Waals surface area contributed by atoms with Gasteiger partial charge in [0.2, 0.25) is 0 Å². The third-order valence-electron chi connectivity index (χ3n) is 3.16. The summed E-state index contributed by atoms with van der Waals surface area (Å²) in [5.41, 5.74) is 4.33. The van der Waals surface area contributed by atoms with E-state index in [0.717, 1.165) is 16.0 Å². The van der Waals surface area contributed by atoms with Crippen molar-refractivity contribution in [2.75, 3.05) is 0 Å². The minimum atomic E-state index is 0.0859. The fourth-order valence-corrected chi connectivity index (χ4v) is 3.00. The minimum absolute atomic E-state index is 0.0859. The van der Waals surface area contributed by atoms with Crippen molar-refractivity contribution in [2.24, 2.45) is 0 Å². The molecule has 98 valence electrons. The van der Waals surface area contributed by atoms with Gasteiger partial charge in [-0.1, -0.05) is 29.8 Å². The number of allylic oxidation sites excluding steroid dienone is 1. The molecule has 1 aromatic heterocycles. The first-order valence-electron chi connectivity index (χ1n) is 6.34. The Hall–Kier alpha value is -1.67. The van der Waals surface area contributed by atoms with Gasteiger partial charge in [-0.2, -0.15) is 0 Å². The molecule has 1 aromatic carbocycles. The smallest absolute Gasteiger partial charge is 0.186 e. The van der Waals surface area contributed by atoms with E-state index in [1.807, 2.05) is 26.0 Å². The number of hydrogen-bond donors (Lipinski definition) is 0. The van der Waals surface area contributed by atoms with Gasteiger partial charge in [-0.3, -0.25) is 4.79 Å². The van der Waals surface area contributed by atoms with Gasteiger partial charge in [0.25, 0.3) is 0 Å². The summed E-state index contributed by atoms with van der Waals surface area (Å²) in [7, 11) is 0. The van der Waals surface area contributed by atoms with Crippen molar-refractivity contribution in [1.29, 1.82) is 0 Å². The summed E-state index contributed by atoms with van der Waals surface area (Å²) in [6.45, 7) is 8.15. The first-order chi connectivity index (χ1) is 8.97. The van der Waals surface area contributed by atoms with E-state index in [-0.39, 0.29) is 5.78 Å². The van der Waals surface area contributed by atoms with Gasteiger partial charge in [0.1, 0.15) is 0 Å². The highest BCUT2D eigenvalue weighted by Gasteiger charge is 2.08. The zero-order chi connectivity index (χ0) is 14.0. The fourth-order valence-electron chi connectivity index (χ4n) is 2.07. The summed E-state index contributed by atoms with van der Waals surface area (Å²) in [5, 5.41) is 0. The largest absolute Gasteiger partial charge is 0.289 e. The lowest BCUT2D eigenvalue weighted by Crippen LogP contribution is -1.94. The van der Waals surface area contributed by atoms with E-state index in [1.165, 1.54) is 16.0 Å². The maximum absolute atomic E-state index is 12.2. The van der Waals surface area contributed by atoms with Gasteiger partial charge in [-0.15, -0.1) is 11.3 Å². The van der Waals surface area contributed by atoms with Crippen molar-refractivity contribution in [3.8, 4) is 0 Å². The molecule has 0 aliphatic rings. The molecule has 1 heterocycles. The number of benzene rings is 1. The van der Waals surface area contributed by atoms with Gasteiger partial charge in [-0.25, -0.2) is 0 Å². The van der Waals surface area contributed by atoms with Crippen molar-refractivity contribution in [1.82, 2.24) is 0 Å². The highest BCUT2D eigenvalue weighted by Crippen LogP contribution is 2.22. The number of thiophene rings is 1. The third-order valence-corrected chi connectivity index (χ3v) is 4.12. The summed E-state index contributed by atoms with van der Waals surface area (Å²) in [6, 6.07) is 8.24. The molecule has 0 saturated heterocycles. The first-order valence-corrected chi connectivity index (χ1v) is 7.15. The van der Waals surface area contributed by atoms with Crippen molar-refractivity contribution in [3.05, 3.63) is 62.3 Å². The first kappa shape index (κ1) is 13.8. The Balaban J connectivity index is 2.25. The van der Waals surface area contributed by atoms with E-state index in [2.05, 4.69) is 32.0 Å².